The summed E-state index contributed by atoms with van der Waals surface area (Å²) in [4.78, 5) is 20.5. The first kappa shape index (κ1) is 23.8. The molecule has 7 nitrogen and oxygen atoms in total. The molecule has 1 aliphatic heterocycles. The van der Waals surface area contributed by atoms with Crippen LogP contribution in [0.3, 0.4) is 0 Å². The molecule has 0 atom stereocenters. The summed E-state index contributed by atoms with van der Waals surface area (Å²) >= 11 is 0. The maximum atomic E-state index is 11.4. The third-order valence-corrected chi connectivity index (χ3v) is 7.79. The van der Waals surface area contributed by atoms with E-state index in [1.165, 1.54) is 6.20 Å². The number of carbonyl (C=O) groups is 1. The van der Waals surface area contributed by atoms with Gasteiger partial charge < -0.3 is 14.2 Å². The number of rotatable bonds is 9. The Hall–Kier alpha value is -2.39. The Kier molecular flexibility index (Phi) is 6.81. The average molecular weight is 468 g/mol. The fraction of sp³-hybridized carbons (Fsp3) is 0.480. The van der Waals surface area contributed by atoms with Crippen LogP contribution in [-0.2, 0) is 33.1 Å². The maximum absolute atomic E-state index is 11.4. The summed E-state index contributed by atoms with van der Waals surface area (Å²) in [6, 6.07) is 9.35. The van der Waals surface area contributed by atoms with Crippen LogP contribution in [0.2, 0.25) is 25.7 Å². The summed E-state index contributed by atoms with van der Waals surface area (Å²) in [7, 11) is -1.19. The van der Waals surface area contributed by atoms with E-state index in [2.05, 4.69) is 53.2 Å². The Balaban J connectivity index is 1.75. The van der Waals surface area contributed by atoms with Crippen molar-refractivity contribution in [2.24, 2.45) is 0 Å². The lowest BCUT2D eigenvalue weighted by Gasteiger charge is -2.23. The molecule has 2 aromatic heterocycles. The van der Waals surface area contributed by atoms with Crippen LogP contribution in [0, 0.1) is 0 Å². The first-order valence-corrected chi connectivity index (χ1v) is 15.3. The van der Waals surface area contributed by atoms with E-state index in [-0.39, 0.29) is 0 Å². The van der Waals surface area contributed by atoms with Gasteiger partial charge in [-0.1, -0.05) is 50.8 Å². The molecule has 0 unspecified atom stereocenters. The number of ether oxygens (including phenoxy) is 3. The van der Waals surface area contributed by atoms with Crippen molar-refractivity contribution in [1.29, 1.82) is 0 Å². The number of aldehydes is 1. The van der Waals surface area contributed by atoms with E-state index in [0.29, 0.717) is 32.2 Å². The molecule has 1 aromatic carbocycles. The summed E-state index contributed by atoms with van der Waals surface area (Å²) < 4.78 is 19.8. The minimum Gasteiger partial charge on any atom is -0.361 e. The molecule has 8 heteroatoms. The number of aromatic nitrogens is 3. The Morgan fingerprint density at radius 1 is 1.18 bits per heavy atom. The number of hydrogen-bond acceptors (Lipinski definition) is 6. The van der Waals surface area contributed by atoms with Gasteiger partial charge in [0.05, 0.1) is 25.1 Å². The van der Waals surface area contributed by atoms with Crippen LogP contribution in [0.25, 0.3) is 22.4 Å². The molecule has 1 aliphatic rings. The van der Waals surface area contributed by atoms with Gasteiger partial charge in [0.15, 0.2) is 17.7 Å². The lowest BCUT2D eigenvalue weighted by molar-refractivity contribution is -0.149. The second kappa shape index (κ2) is 9.46. The highest BCUT2D eigenvalue weighted by Gasteiger charge is 2.33. The zero-order valence-corrected chi connectivity index (χ0v) is 21.2. The Morgan fingerprint density at radius 2 is 1.88 bits per heavy atom. The van der Waals surface area contributed by atoms with E-state index in [0.717, 1.165) is 52.3 Å². The summed E-state index contributed by atoms with van der Waals surface area (Å²) in [6.07, 6.45) is 3.02. The first-order valence-electron chi connectivity index (χ1n) is 11.6. The quantitative estimate of drug-likeness (QED) is 0.250. The number of nitrogens with zero attached hydrogens (tertiary/aromatic N) is 3. The minimum atomic E-state index is -1.19. The smallest absolute Gasteiger partial charge is 0.192 e. The van der Waals surface area contributed by atoms with Crippen LogP contribution in [0.1, 0.15) is 35.5 Å². The van der Waals surface area contributed by atoms with Crippen molar-refractivity contribution in [3.05, 3.63) is 47.3 Å². The van der Waals surface area contributed by atoms with Gasteiger partial charge in [0.25, 0.3) is 0 Å². The van der Waals surface area contributed by atoms with E-state index in [1.54, 1.807) is 0 Å². The van der Waals surface area contributed by atoms with Gasteiger partial charge in [-0.3, -0.25) is 9.36 Å². The predicted molar refractivity (Wildman–Crippen MR) is 131 cm³/mol. The molecule has 0 spiro atoms. The van der Waals surface area contributed by atoms with E-state index >= 15 is 0 Å². The minimum absolute atomic E-state index is 0.333. The summed E-state index contributed by atoms with van der Waals surface area (Å²) in [5.74, 6) is -0.708. The van der Waals surface area contributed by atoms with Gasteiger partial charge in [0, 0.05) is 25.8 Å². The van der Waals surface area contributed by atoms with Gasteiger partial charge in [-0.2, -0.15) is 0 Å². The van der Waals surface area contributed by atoms with Crippen LogP contribution in [0.15, 0.2) is 30.5 Å². The summed E-state index contributed by atoms with van der Waals surface area (Å²) in [6.45, 7) is 13.4. The highest BCUT2D eigenvalue weighted by Crippen LogP contribution is 2.36. The molecule has 1 saturated heterocycles. The predicted octanol–water partition coefficient (Wildman–Crippen LogP) is 5.01. The van der Waals surface area contributed by atoms with Crippen molar-refractivity contribution in [3.8, 4) is 11.3 Å². The zero-order valence-electron chi connectivity index (χ0n) is 20.2. The standard InChI is InChI=1S/C25H33N3O4Si/c1-6-21-22-24(26-15-20(16-29)27-22)28(17-30-13-14-33(3,4)5)23(21)18-7-9-19(10-8-18)25(2)31-11-12-32-25/h7-10,15-16H,6,11-14,17H2,1-5H3. The number of hydrogen-bond donors (Lipinski definition) is 0. The van der Waals surface area contributed by atoms with Crippen LogP contribution in [-0.4, -0.2) is 48.7 Å². The fourth-order valence-electron chi connectivity index (χ4n) is 4.17. The highest BCUT2D eigenvalue weighted by molar-refractivity contribution is 6.76. The molecule has 1 fully saturated rings. The Morgan fingerprint density at radius 3 is 2.48 bits per heavy atom. The van der Waals surface area contributed by atoms with Gasteiger partial charge in [0.2, 0.25) is 0 Å². The number of carbonyl (C=O) groups excluding carboxylic acids is 1. The van der Waals surface area contributed by atoms with Crippen molar-refractivity contribution in [1.82, 2.24) is 14.5 Å². The molecule has 0 radical (unpaired) electrons. The van der Waals surface area contributed by atoms with Crippen molar-refractivity contribution in [2.45, 2.75) is 58.5 Å². The van der Waals surface area contributed by atoms with Crippen LogP contribution in [0.5, 0.6) is 0 Å². The molecule has 0 aliphatic carbocycles. The molecule has 3 aromatic rings. The normalized spacial score (nSPS) is 15.9. The fourth-order valence-corrected chi connectivity index (χ4v) is 4.93. The average Bonchev–Trinajstić information content (AvgIpc) is 3.37. The van der Waals surface area contributed by atoms with Gasteiger partial charge in [-0.05, 0) is 25.0 Å². The van der Waals surface area contributed by atoms with E-state index in [9.17, 15) is 4.79 Å². The molecule has 3 heterocycles. The summed E-state index contributed by atoms with van der Waals surface area (Å²) in [5.41, 5.74) is 5.92. The van der Waals surface area contributed by atoms with Gasteiger partial charge in [0.1, 0.15) is 17.9 Å². The first-order chi connectivity index (χ1) is 15.8. The van der Waals surface area contributed by atoms with Crippen LogP contribution < -0.4 is 0 Å². The van der Waals surface area contributed by atoms with E-state index < -0.39 is 13.9 Å². The zero-order chi connectivity index (χ0) is 23.6. The molecule has 4 rings (SSSR count). The molecular formula is C25H33N3O4Si. The lowest BCUT2D eigenvalue weighted by atomic mass is 10.0. The lowest BCUT2D eigenvalue weighted by Crippen LogP contribution is -2.22. The topological polar surface area (TPSA) is 75.5 Å². The molecule has 0 saturated carbocycles. The number of fused-ring (bicyclic) bond motifs is 1. The van der Waals surface area contributed by atoms with Crippen molar-refractivity contribution >= 4 is 25.5 Å². The number of benzene rings is 1. The van der Waals surface area contributed by atoms with Gasteiger partial charge >= 0.3 is 0 Å². The van der Waals surface area contributed by atoms with Gasteiger partial charge in [-0.15, -0.1) is 0 Å². The second-order valence-electron chi connectivity index (χ2n) is 9.76. The third-order valence-electron chi connectivity index (χ3n) is 6.08. The van der Waals surface area contributed by atoms with Crippen LogP contribution >= 0.6 is 0 Å². The SMILES string of the molecule is CCc1c(-c2ccc(C3(C)OCCO3)cc2)n(COCC[Si](C)(C)C)c2ncc(C=O)nc12. The summed E-state index contributed by atoms with van der Waals surface area (Å²) in [5, 5.41) is 0. The van der Waals surface area contributed by atoms with Crippen molar-refractivity contribution in [2.75, 3.05) is 19.8 Å². The Bertz CT molecular complexity index is 1130. The highest BCUT2D eigenvalue weighted by atomic mass is 28.3. The second-order valence-corrected chi connectivity index (χ2v) is 15.4. The molecule has 176 valence electrons. The molecular weight excluding hydrogens is 434 g/mol. The van der Waals surface area contributed by atoms with E-state index in [4.69, 9.17) is 14.2 Å². The van der Waals surface area contributed by atoms with E-state index in [1.807, 2.05) is 19.1 Å². The van der Waals surface area contributed by atoms with Crippen molar-refractivity contribution in [3.63, 3.8) is 0 Å². The third kappa shape index (κ3) is 4.94. The van der Waals surface area contributed by atoms with Crippen molar-refractivity contribution < 1.29 is 19.0 Å². The maximum Gasteiger partial charge on any atom is 0.192 e. The monoisotopic (exact) mass is 467 g/mol. The molecule has 0 amide bonds. The van der Waals surface area contributed by atoms with Gasteiger partial charge in [-0.25, -0.2) is 9.97 Å². The largest absolute Gasteiger partial charge is 0.361 e. The van der Waals surface area contributed by atoms with Crippen LogP contribution in [0.4, 0.5) is 0 Å². The number of aryl methyl sites for hydroxylation is 1. The molecule has 0 N–H and O–H groups in total. The molecule has 0 bridgehead atoms. The Labute approximate surface area is 196 Å². The molecule has 33 heavy (non-hydrogen) atoms.